The van der Waals surface area contributed by atoms with E-state index >= 15 is 0 Å². The zero-order valence-corrected chi connectivity index (χ0v) is 6.83. The van der Waals surface area contributed by atoms with E-state index in [4.69, 9.17) is 4.74 Å². The number of cyclic esters (lactones) is 1. The van der Waals surface area contributed by atoms with Crippen LogP contribution in [0.1, 0.15) is 14.8 Å². The molecule has 0 aliphatic carbocycles. The lowest BCUT2D eigenvalue weighted by Gasteiger charge is -2.06. The maximum Gasteiger partial charge on any atom is 0.407 e. The van der Waals surface area contributed by atoms with Crippen LogP contribution in [-0.2, 0) is 14.3 Å². The van der Waals surface area contributed by atoms with Crippen LogP contribution in [0.3, 0.4) is 0 Å². The lowest BCUT2D eigenvalue weighted by molar-refractivity contribution is -0.143. The number of hydrogen-bond donors (Lipinski definition) is 1. The molecule has 0 spiro atoms. The van der Waals surface area contributed by atoms with E-state index in [0.717, 1.165) is 0 Å². The molecule has 0 aromatic rings. The van der Waals surface area contributed by atoms with Gasteiger partial charge in [0.25, 0.3) is 0 Å². The Morgan fingerprint density at radius 3 is 3.17 bits per heavy atom. The van der Waals surface area contributed by atoms with E-state index in [9.17, 15) is 9.59 Å². The number of esters is 1. The first kappa shape index (κ1) is 8.83. The molecule has 1 amide bonds. The minimum absolute atomic E-state index is 0. The average Bonchev–Trinajstić information content (AvgIpc) is 2.47. The fourth-order valence-corrected chi connectivity index (χ4v) is 0.812. The standard InChI is InChI=1S/C7H11NO4.H2/c1-2-6(9)11-3-5-4-12-7(10)8-5;/h5H,2-4H2,1H3,(H,8,10);1H. The molecule has 0 bridgehead atoms. The van der Waals surface area contributed by atoms with E-state index in [0.29, 0.717) is 6.42 Å². The number of ether oxygens (including phenoxy) is 2. The molecule has 1 atom stereocenters. The van der Waals surface area contributed by atoms with Gasteiger partial charge in [-0.1, -0.05) is 6.92 Å². The monoisotopic (exact) mass is 175 g/mol. The third-order valence-electron chi connectivity index (χ3n) is 1.47. The van der Waals surface area contributed by atoms with Crippen molar-refractivity contribution in [3.05, 3.63) is 0 Å². The van der Waals surface area contributed by atoms with Crippen molar-refractivity contribution in [3.63, 3.8) is 0 Å². The molecule has 0 aromatic heterocycles. The Labute approximate surface area is 71.5 Å². The van der Waals surface area contributed by atoms with E-state index in [2.05, 4.69) is 10.1 Å². The highest BCUT2D eigenvalue weighted by atomic mass is 16.6. The molecule has 1 heterocycles. The van der Waals surface area contributed by atoms with Crippen molar-refractivity contribution in [2.45, 2.75) is 19.4 Å². The first-order valence-corrected chi connectivity index (χ1v) is 3.81. The number of amides is 1. The van der Waals surface area contributed by atoms with Crippen LogP contribution >= 0.6 is 0 Å². The van der Waals surface area contributed by atoms with Gasteiger partial charge in [-0.15, -0.1) is 0 Å². The summed E-state index contributed by atoms with van der Waals surface area (Å²) in [6.45, 7) is 2.18. The SMILES string of the molecule is CCC(=O)OCC1COC(=O)N1.[HH]. The first-order chi connectivity index (χ1) is 5.72. The van der Waals surface area contributed by atoms with Crippen molar-refractivity contribution >= 4 is 12.1 Å². The molecular weight excluding hydrogens is 162 g/mol. The quantitative estimate of drug-likeness (QED) is 0.626. The Hall–Kier alpha value is -1.26. The van der Waals surface area contributed by atoms with Gasteiger partial charge in [0, 0.05) is 7.85 Å². The fourth-order valence-electron chi connectivity index (χ4n) is 0.812. The summed E-state index contributed by atoms with van der Waals surface area (Å²) >= 11 is 0. The van der Waals surface area contributed by atoms with Crippen molar-refractivity contribution in [2.24, 2.45) is 0 Å². The topological polar surface area (TPSA) is 64.6 Å². The van der Waals surface area contributed by atoms with Crippen LogP contribution in [0.5, 0.6) is 0 Å². The van der Waals surface area contributed by atoms with Gasteiger partial charge in [0.2, 0.25) is 0 Å². The van der Waals surface area contributed by atoms with Gasteiger partial charge in [-0.05, 0) is 0 Å². The molecule has 1 aliphatic rings. The Morgan fingerprint density at radius 2 is 2.67 bits per heavy atom. The highest BCUT2D eigenvalue weighted by Crippen LogP contribution is 1.98. The molecule has 0 aromatic carbocycles. The Morgan fingerprint density at radius 1 is 1.92 bits per heavy atom. The zero-order valence-electron chi connectivity index (χ0n) is 6.83. The van der Waals surface area contributed by atoms with Crippen molar-refractivity contribution in [2.75, 3.05) is 13.2 Å². The number of carbonyl (C=O) groups excluding carboxylic acids is 2. The maximum absolute atomic E-state index is 10.7. The van der Waals surface area contributed by atoms with E-state index < -0.39 is 6.09 Å². The lowest BCUT2D eigenvalue weighted by Crippen LogP contribution is -2.31. The number of hydrogen-bond acceptors (Lipinski definition) is 4. The molecule has 5 nitrogen and oxygen atoms in total. The molecule has 1 N–H and O–H groups in total. The molecule has 1 fully saturated rings. The van der Waals surface area contributed by atoms with Gasteiger partial charge in [0.1, 0.15) is 19.3 Å². The third kappa shape index (κ3) is 2.41. The number of rotatable bonds is 3. The van der Waals surface area contributed by atoms with Crippen molar-refractivity contribution in [1.29, 1.82) is 0 Å². The van der Waals surface area contributed by atoms with Gasteiger partial charge in [-0.25, -0.2) is 4.79 Å². The summed E-state index contributed by atoms with van der Waals surface area (Å²) in [5.41, 5.74) is 0. The molecule has 1 unspecified atom stereocenters. The van der Waals surface area contributed by atoms with Gasteiger partial charge in [-0.2, -0.15) is 0 Å². The largest absolute Gasteiger partial charge is 0.463 e. The summed E-state index contributed by atoms with van der Waals surface area (Å²) < 4.78 is 9.38. The second-order valence-corrected chi connectivity index (χ2v) is 2.48. The fraction of sp³-hybridized carbons (Fsp3) is 0.714. The van der Waals surface area contributed by atoms with Gasteiger partial charge in [0.05, 0.1) is 0 Å². The van der Waals surface area contributed by atoms with Crippen LogP contribution in [0.15, 0.2) is 0 Å². The summed E-state index contributed by atoms with van der Waals surface area (Å²) in [6, 6.07) is -0.187. The molecular formula is C7H13NO4. The van der Waals surface area contributed by atoms with E-state index in [1.807, 2.05) is 0 Å². The van der Waals surface area contributed by atoms with E-state index in [-0.39, 0.29) is 26.7 Å². The number of alkyl carbamates (subject to hydrolysis) is 1. The summed E-state index contributed by atoms with van der Waals surface area (Å²) in [5.74, 6) is -0.267. The van der Waals surface area contributed by atoms with Gasteiger partial charge in [-0.3, -0.25) is 4.79 Å². The average molecular weight is 175 g/mol. The molecule has 70 valence electrons. The highest BCUT2D eigenvalue weighted by Gasteiger charge is 2.22. The first-order valence-electron chi connectivity index (χ1n) is 3.81. The molecule has 1 rings (SSSR count). The van der Waals surface area contributed by atoms with Crippen LogP contribution < -0.4 is 5.32 Å². The lowest BCUT2D eigenvalue weighted by atomic mass is 10.3. The predicted octanol–water partition coefficient (Wildman–Crippen LogP) is 0.294. The minimum Gasteiger partial charge on any atom is -0.463 e. The highest BCUT2D eigenvalue weighted by molar-refractivity contribution is 5.70. The molecule has 1 aliphatic heterocycles. The second kappa shape index (κ2) is 3.94. The van der Waals surface area contributed by atoms with Gasteiger partial charge < -0.3 is 14.8 Å². The van der Waals surface area contributed by atoms with Crippen molar-refractivity contribution < 1.29 is 20.5 Å². The maximum atomic E-state index is 10.7. The van der Waals surface area contributed by atoms with Crippen LogP contribution in [0, 0.1) is 0 Å². The van der Waals surface area contributed by atoms with E-state index in [1.54, 1.807) is 6.92 Å². The van der Waals surface area contributed by atoms with Crippen LogP contribution in [0.4, 0.5) is 4.79 Å². The molecule has 1 saturated heterocycles. The van der Waals surface area contributed by atoms with Crippen LogP contribution in [0.25, 0.3) is 0 Å². The Balaban J connectivity index is 0.00000144. The summed E-state index contributed by atoms with van der Waals surface area (Å²) in [4.78, 5) is 21.2. The smallest absolute Gasteiger partial charge is 0.407 e. The van der Waals surface area contributed by atoms with E-state index in [1.165, 1.54) is 0 Å². The molecule has 0 saturated carbocycles. The van der Waals surface area contributed by atoms with Gasteiger partial charge in [0.15, 0.2) is 0 Å². The summed E-state index contributed by atoms with van der Waals surface area (Å²) in [7, 11) is 0. The normalized spacial score (nSPS) is 21.4. The minimum atomic E-state index is -0.451. The van der Waals surface area contributed by atoms with Crippen LogP contribution in [0.2, 0.25) is 0 Å². The molecule has 0 radical (unpaired) electrons. The Bertz CT molecular complexity index is 197. The number of nitrogens with one attached hydrogen (secondary N) is 1. The molecule has 12 heavy (non-hydrogen) atoms. The Kier molecular flexibility index (Phi) is 2.90. The summed E-state index contributed by atoms with van der Waals surface area (Å²) in [5, 5.41) is 2.49. The predicted molar refractivity (Wildman–Crippen MR) is 41.6 cm³/mol. The zero-order chi connectivity index (χ0) is 8.97. The second-order valence-electron chi connectivity index (χ2n) is 2.48. The van der Waals surface area contributed by atoms with Crippen LogP contribution in [-0.4, -0.2) is 31.3 Å². The third-order valence-corrected chi connectivity index (χ3v) is 1.47. The van der Waals surface area contributed by atoms with Gasteiger partial charge >= 0.3 is 12.1 Å². The number of carbonyl (C=O) groups is 2. The van der Waals surface area contributed by atoms with Crippen molar-refractivity contribution in [1.82, 2.24) is 5.32 Å². The van der Waals surface area contributed by atoms with Crippen molar-refractivity contribution in [3.8, 4) is 0 Å². The summed E-state index contributed by atoms with van der Waals surface area (Å²) in [6.07, 6.45) is -0.103. The molecule has 5 heteroatoms.